The van der Waals surface area contributed by atoms with Gasteiger partial charge in [0, 0.05) is 0 Å². The molecule has 0 fully saturated rings. The number of aromatic nitrogens is 2. The van der Waals surface area contributed by atoms with E-state index >= 15 is 0 Å². The summed E-state index contributed by atoms with van der Waals surface area (Å²) in [5.41, 5.74) is 0.835. The molecule has 0 unspecified atom stereocenters. The molecule has 5 heteroatoms. The van der Waals surface area contributed by atoms with Crippen LogP contribution in [0.25, 0.3) is 10.9 Å². The Morgan fingerprint density at radius 2 is 1.62 bits per heavy atom. The second kappa shape index (κ2) is 6.17. The van der Waals surface area contributed by atoms with Crippen LogP contribution in [0.5, 0.6) is 11.6 Å². The number of rotatable bonds is 5. The highest BCUT2D eigenvalue weighted by Crippen LogP contribution is 2.20. The van der Waals surface area contributed by atoms with Gasteiger partial charge in [0.25, 0.3) is 0 Å². The SMILES string of the molecule is Fc1ccc(OCCOc2ncnc3ccccc23)cc1. The summed E-state index contributed by atoms with van der Waals surface area (Å²) < 4.78 is 23.8. The highest BCUT2D eigenvalue weighted by Gasteiger charge is 2.03. The van der Waals surface area contributed by atoms with Gasteiger partial charge in [0.15, 0.2) is 0 Å². The number of halogens is 1. The number of hydrogen-bond donors (Lipinski definition) is 0. The maximum absolute atomic E-state index is 12.8. The number of para-hydroxylation sites is 1. The predicted octanol–water partition coefficient (Wildman–Crippen LogP) is 3.23. The minimum atomic E-state index is -0.286. The monoisotopic (exact) mass is 284 g/mol. The summed E-state index contributed by atoms with van der Waals surface area (Å²) in [6.07, 6.45) is 1.47. The molecule has 1 aromatic heterocycles. The van der Waals surface area contributed by atoms with Crippen LogP contribution < -0.4 is 9.47 Å². The molecule has 0 N–H and O–H groups in total. The Morgan fingerprint density at radius 3 is 2.48 bits per heavy atom. The Balaban J connectivity index is 1.58. The van der Waals surface area contributed by atoms with Crippen LogP contribution in [-0.4, -0.2) is 23.2 Å². The van der Waals surface area contributed by atoms with Crippen molar-refractivity contribution in [1.29, 1.82) is 0 Å². The van der Waals surface area contributed by atoms with Crippen LogP contribution >= 0.6 is 0 Å². The zero-order chi connectivity index (χ0) is 14.5. The first-order valence-corrected chi connectivity index (χ1v) is 6.54. The molecule has 0 atom stereocenters. The Hall–Kier alpha value is -2.69. The van der Waals surface area contributed by atoms with Crippen LogP contribution in [-0.2, 0) is 0 Å². The van der Waals surface area contributed by atoms with Crippen molar-refractivity contribution in [2.75, 3.05) is 13.2 Å². The molecular formula is C16H13FN2O2. The highest BCUT2D eigenvalue weighted by molar-refractivity contribution is 5.82. The van der Waals surface area contributed by atoms with E-state index in [1.807, 2.05) is 24.3 Å². The Morgan fingerprint density at radius 1 is 0.857 bits per heavy atom. The summed E-state index contributed by atoms with van der Waals surface area (Å²) in [5.74, 6) is 0.849. The number of hydrogen-bond acceptors (Lipinski definition) is 4. The molecule has 3 aromatic rings. The van der Waals surface area contributed by atoms with Crippen molar-refractivity contribution in [3.05, 3.63) is 60.7 Å². The lowest BCUT2D eigenvalue weighted by Crippen LogP contribution is -2.10. The van der Waals surface area contributed by atoms with Crippen molar-refractivity contribution >= 4 is 10.9 Å². The molecular weight excluding hydrogens is 271 g/mol. The molecule has 0 radical (unpaired) electrons. The van der Waals surface area contributed by atoms with Crippen molar-refractivity contribution in [2.24, 2.45) is 0 Å². The molecule has 4 nitrogen and oxygen atoms in total. The third-order valence-corrected chi connectivity index (χ3v) is 2.91. The van der Waals surface area contributed by atoms with E-state index in [-0.39, 0.29) is 5.82 Å². The smallest absolute Gasteiger partial charge is 0.224 e. The Bertz CT molecular complexity index is 726. The minimum absolute atomic E-state index is 0.286. The van der Waals surface area contributed by atoms with E-state index in [0.29, 0.717) is 24.8 Å². The minimum Gasteiger partial charge on any atom is -0.490 e. The molecule has 1 heterocycles. The molecule has 2 aromatic carbocycles. The fourth-order valence-electron chi connectivity index (χ4n) is 1.92. The van der Waals surface area contributed by atoms with Gasteiger partial charge in [-0.3, -0.25) is 0 Å². The van der Waals surface area contributed by atoms with E-state index in [2.05, 4.69) is 9.97 Å². The molecule has 0 saturated heterocycles. The van der Waals surface area contributed by atoms with Gasteiger partial charge in [-0.2, -0.15) is 0 Å². The van der Waals surface area contributed by atoms with Gasteiger partial charge >= 0.3 is 0 Å². The van der Waals surface area contributed by atoms with Gasteiger partial charge in [-0.15, -0.1) is 0 Å². The Labute approximate surface area is 121 Å². The summed E-state index contributed by atoms with van der Waals surface area (Å²) in [7, 11) is 0. The maximum atomic E-state index is 12.8. The van der Waals surface area contributed by atoms with Gasteiger partial charge in [-0.05, 0) is 36.4 Å². The lowest BCUT2D eigenvalue weighted by molar-refractivity contribution is 0.213. The van der Waals surface area contributed by atoms with Crippen molar-refractivity contribution < 1.29 is 13.9 Å². The standard InChI is InChI=1S/C16H13FN2O2/c17-12-5-7-13(8-6-12)20-9-10-21-16-14-3-1-2-4-15(14)18-11-19-16/h1-8,11H,9-10H2. The van der Waals surface area contributed by atoms with E-state index in [0.717, 1.165) is 10.9 Å². The molecule has 21 heavy (non-hydrogen) atoms. The van der Waals surface area contributed by atoms with Gasteiger partial charge < -0.3 is 9.47 Å². The van der Waals surface area contributed by atoms with Crippen LogP contribution in [0, 0.1) is 5.82 Å². The fourth-order valence-corrected chi connectivity index (χ4v) is 1.92. The maximum Gasteiger partial charge on any atom is 0.224 e. The molecule has 3 rings (SSSR count). The van der Waals surface area contributed by atoms with Crippen LogP contribution in [0.3, 0.4) is 0 Å². The topological polar surface area (TPSA) is 44.2 Å². The van der Waals surface area contributed by atoms with Crippen LogP contribution in [0.1, 0.15) is 0 Å². The first-order valence-electron chi connectivity index (χ1n) is 6.54. The molecule has 0 aliphatic rings. The largest absolute Gasteiger partial charge is 0.490 e. The normalized spacial score (nSPS) is 10.5. The average Bonchev–Trinajstić information content (AvgIpc) is 2.53. The quantitative estimate of drug-likeness (QED) is 0.675. The molecule has 0 aliphatic carbocycles. The van der Waals surface area contributed by atoms with Gasteiger partial charge in [-0.1, -0.05) is 12.1 Å². The van der Waals surface area contributed by atoms with Crippen LogP contribution in [0.15, 0.2) is 54.9 Å². The molecule has 0 spiro atoms. The second-order valence-electron chi connectivity index (χ2n) is 4.35. The second-order valence-corrected chi connectivity index (χ2v) is 4.35. The fraction of sp³-hybridized carbons (Fsp3) is 0.125. The average molecular weight is 284 g/mol. The van der Waals surface area contributed by atoms with Gasteiger partial charge in [0.2, 0.25) is 5.88 Å². The lowest BCUT2D eigenvalue weighted by atomic mass is 10.2. The molecule has 0 aliphatic heterocycles. The summed E-state index contributed by atoms with van der Waals surface area (Å²) in [4.78, 5) is 8.29. The van der Waals surface area contributed by atoms with Crippen LogP contribution in [0.2, 0.25) is 0 Å². The van der Waals surface area contributed by atoms with E-state index in [1.165, 1.54) is 18.5 Å². The summed E-state index contributed by atoms with van der Waals surface area (Å²) >= 11 is 0. The summed E-state index contributed by atoms with van der Waals surface area (Å²) in [6.45, 7) is 0.697. The van der Waals surface area contributed by atoms with Crippen molar-refractivity contribution in [3.63, 3.8) is 0 Å². The van der Waals surface area contributed by atoms with E-state index in [4.69, 9.17) is 9.47 Å². The van der Waals surface area contributed by atoms with E-state index < -0.39 is 0 Å². The lowest BCUT2D eigenvalue weighted by Gasteiger charge is -2.09. The van der Waals surface area contributed by atoms with Crippen molar-refractivity contribution in [2.45, 2.75) is 0 Å². The third kappa shape index (κ3) is 3.25. The first kappa shape index (κ1) is 13.3. The summed E-state index contributed by atoms with van der Waals surface area (Å²) in [5, 5.41) is 0.863. The molecule has 0 amide bonds. The van der Waals surface area contributed by atoms with Crippen molar-refractivity contribution in [3.8, 4) is 11.6 Å². The number of nitrogens with zero attached hydrogens (tertiary/aromatic N) is 2. The van der Waals surface area contributed by atoms with Crippen molar-refractivity contribution in [1.82, 2.24) is 9.97 Å². The molecule has 0 bridgehead atoms. The molecule has 106 valence electrons. The van der Waals surface area contributed by atoms with E-state index in [1.54, 1.807) is 12.1 Å². The molecule has 0 saturated carbocycles. The predicted molar refractivity (Wildman–Crippen MR) is 76.9 cm³/mol. The third-order valence-electron chi connectivity index (χ3n) is 2.91. The van der Waals surface area contributed by atoms with Crippen LogP contribution in [0.4, 0.5) is 4.39 Å². The van der Waals surface area contributed by atoms with E-state index in [9.17, 15) is 4.39 Å². The number of fused-ring (bicyclic) bond motifs is 1. The van der Waals surface area contributed by atoms with Gasteiger partial charge in [0.1, 0.15) is 31.1 Å². The Kier molecular flexibility index (Phi) is 3.91. The van der Waals surface area contributed by atoms with Gasteiger partial charge in [-0.25, -0.2) is 14.4 Å². The highest BCUT2D eigenvalue weighted by atomic mass is 19.1. The summed E-state index contributed by atoms with van der Waals surface area (Å²) in [6, 6.07) is 13.5. The first-order chi connectivity index (χ1) is 10.3. The zero-order valence-corrected chi connectivity index (χ0v) is 11.2. The van der Waals surface area contributed by atoms with Gasteiger partial charge in [0.05, 0.1) is 10.9 Å². The number of ether oxygens (including phenoxy) is 2. The number of benzene rings is 2. The zero-order valence-electron chi connectivity index (χ0n) is 11.2.